The molecule has 0 spiro atoms. The van der Waals surface area contributed by atoms with Crippen molar-refractivity contribution in [3.8, 4) is 0 Å². The van der Waals surface area contributed by atoms with Gasteiger partial charge in [0, 0.05) is 43.2 Å². The number of hydrogen-bond donors (Lipinski definition) is 3. The van der Waals surface area contributed by atoms with Gasteiger partial charge in [-0.25, -0.2) is 9.98 Å². The molecule has 3 N–H and O–H groups in total. The van der Waals surface area contributed by atoms with Crippen molar-refractivity contribution < 1.29 is 4.79 Å². The number of carbonyl (C=O) groups is 1. The molecule has 1 aromatic heterocycles. The van der Waals surface area contributed by atoms with Crippen LogP contribution < -0.4 is 16.0 Å². The van der Waals surface area contributed by atoms with Crippen LogP contribution >= 0.6 is 35.3 Å². The van der Waals surface area contributed by atoms with Crippen LogP contribution in [0.25, 0.3) is 0 Å². The van der Waals surface area contributed by atoms with Crippen molar-refractivity contribution in [2.45, 2.75) is 33.2 Å². The van der Waals surface area contributed by atoms with E-state index < -0.39 is 0 Å². The Hall–Kier alpha value is -1.68. The first-order chi connectivity index (χ1) is 12.7. The number of amides is 1. The van der Waals surface area contributed by atoms with Gasteiger partial charge >= 0.3 is 0 Å². The van der Waals surface area contributed by atoms with Crippen molar-refractivity contribution in [2.75, 3.05) is 20.1 Å². The van der Waals surface area contributed by atoms with Gasteiger partial charge in [-0.2, -0.15) is 0 Å². The Morgan fingerprint density at radius 1 is 1.19 bits per heavy atom. The second-order valence-corrected chi connectivity index (χ2v) is 6.92. The Balaban J connectivity index is 0.00000364. The highest BCUT2D eigenvalue weighted by Gasteiger charge is 2.04. The fourth-order valence-corrected chi connectivity index (χ4v) is 3.19. The summed E-state index contributed by atoms with van der Waals surface area (Å²) < 4.78 is 0. The van der Waals surface area contributed by atoms with Crippen LogP contribution in [0.4, 0.5) is 0 Å². The molecule has 2 aromatic rings. The van der Waals surface area contributed by atoms with Gasteiger partial charge < -0.3 is 16.0 Å². The van der Waals surface area contributed by atoms with E-state index in [1.54, 1.807) is 18.4 Å². The van der Waals surface area contributed by atoms with E-state index in [0.29, 0.717) is 12.1 Å². The predicted molar refractivity (Wildman–Crippen MR) is 123 cm³/mol. The maximum absolute atomic E-state index is 11.6. The van der Waals surface area contributed by atoms with Gasteiger partial charge in [-0.1, -0.05) is 19.1 Å². The number of aliphatic imine (C=N–C) groups is 1. The summed E-state index contributed by atoms with van der Waals surface area (Å²) in [6, 6.07) is 7.49. The second-order valence-electron chi connectivity index (χ2n) is 5.72. The van der Waals surface area contributed by atoms with Gasteiger partial charge in [0.2, 0.25) is 0 Å². The van der Waals surface area contributed by atoms with E-state index in [-0.39, 0.29) is 29.9 Å². The Morgan fingerprint density at radius 3 is 2.52 bits per heavy atom. The van der Waals surface area contributed by atoms with Crippen LogP contribution in [0.3, 0.4) is 0 Å². The lowest BCUT2D eigenvalue weighted by Gasteiger charge is -2.10. The lowest BCUT2D eigenvalue weighted by molar-refractivity contribution is 0.0963. The van der Waals surface area contributed by atoms with Gasteiger partial charge in [0.25, 0.3) is 5.91 Å². The monoisotopic (exact) mass is 501 g/mol. The molecule has 1 amide bonds. The molecular formula is C19H28IN5OS. The SMILES string of the molecule is CCNC(=NCc1ccc(C(=O)NC)cc1)NCCc1ncc(CC)s1.I. The minimum Gasteiger partial charge on any atom is -0.357 e. The van der Waals surface area contributed by atoms with Crippen LogP contribution in [0.5, 0.6) is 0 Å². The van der Waals surface area contributed by atoms with E-state index in [9.17, 15) is 4.79 Å². The van der Waals surface area contributed by atoms with Gasteiger partial charge in [-0.3, -0.25) is 4.79 Å². The van der Waals surface area contributed by atoms with Crippen LogP contribution in [0.15, 0.2) is 35.5 Å². The van der Waals surface area contributed by atoms with Gasteiger partial charge in [-0.05, 0) is 31.0 Å². The van der Waals surface area contributed by atoms with Crippen molar-refractivity contribution in [3.63, 3.8) is 0 Å². The van der Waals surface area contributed by atoms with E-state index in [4.69, 9.17) is 0 Å². The Labute approximate surface area is 182 Å². The summed E-state index contributed by atoms with van der Waals surface area (Å²) in [7, 11) is 1.63. The van der Waals surface area contributed by atoms with Crippen LogP contribution in [0, 0.1) is 0 Å². The molecule has 0 atom stereocenters. The third-order valence-corrected chi connectivity index (χ3v) is 4.99. The third-order valence-electron chi connectivity index (χ3n) is 3.79. The van der Waals surface area contributed by atoms with Gasteiger partial charge in [0.1, 0.15) is 0 Å². The molecule has 0 aliphatic carbocycles. The fraction of sp³-hybridized carbons (Fsp3) is 0.421. The van der Waals surface area contributed by atoms with Crippen molar-refractivity contribution >= 4 is 47.2 Å². The highest BCUT2D eigenvalue weighted by molar-refractivity contribution is 14.0. The van der Waals surface area contributed by atoms with E-state index in [0.717, 1.165) is 42.5 Å². The molecule has 0 bridgehead atoms. The Kier molecular flexibility index (Phi) is 11.0. The summed E-state index contributed by atoms with van der Waals surface area (Å²) in [6.45, 7) is 6.34. The zero-order valence-electron chi connectivity index (χ0n) is 16.0. The first-order valence-electron chi connectivity index (χ1n) is 8.93. The number of benzene rings is 1. The summed E-state index contributed by atoms with van der Waals surface area (Å²) in [5.74, 6) is 0.707. The molecule has 8 heteroatoms. The van der Waals surface area contributed by atoms with Gasteiger partial charge in [0.05, 0.1) is 11.6 Å². The van der Waals surface area contributed by atoms with Crippen LogP contribution in [0.2, 0.25) is 0 Å². The third kappa shape index (κ3) is 7.84. The smallest absolute Gasteiger partial charge is 0.251 e. The summed E-state index contributed by atoms with van der Waals surface area (Å²) in [4.78, 5) is 21.9. The molecular weight excluding hydrogens is 473 g/mol. The molecule has 0 saturated heterocycles. The quantitative estimate of drug-likeness (QED) is 0.295. The molecule has 27 heavy (non-hydrogen) atoms. The maximum Gasteiger partial charge on any atom is 0.251 e. The maximum atomic E-state index is 11.6. The molecule has 0 aliphatic heterocycles. The number of carbonyl (C=O) groups excluding carboxylic acids is 1. The van der Waals surface area contributed by atoms with Crippen molar-refractivity contribution in [1.29, 1.82) is 0 Å². The number of nitrogens with zero attached hydrogens (tertiary/aromatic N) is 2. The summed E-state index contributed by atoms with van der Waals surface area (Å²) >= 11 is 1.77. The van der Waals surface area contributed by atoms with E-state index in [2.05, 4.69) is 32.9 Å². The minimum atomic E-state index is -0.0801. The molecule has 148 valence electrons. The van der Waals surface area contributed by atoms with Crippen molar-refractivity contribution in [2.24, 2.45) is 4.99 Å². The van der Waals surface area contributed by atoms with Crippen LogP contribution in [0.1, 0.15) is 39.7 Å². The summed E-state index contributed by atoms with van der Waals surface area (Å²) in [5, 5.41) is 10.4. The lowest BCUT2D eigenvalue weighted by Crippen LogP contribution is -2.38. The lowest BCUT2D eigenvalue weighted by atomic mass is 10.1. The standard InChI is InChI=1S/C19H27N5OS.HI/c1-4-16-13-23-17(26-16)10-11-22-19(21-5-2)24-12-14-6-8-15(9-7-14)18(25)20-3;/h6-9,13H,4-5,10-12H2,1-3H3,(H,20,25)(H2,21,22,24);1H. The number of hydrogen-bond acceptors (Lipinski definition) is 4. The van der Waals surface area contributed by atoms with Crippen molar-refractivity contribution in [1.82, 2.24) is 20.9 Å². The molecule has 0 fully saturated rings. The van der Waals surface area contributed by atoms with Crippen molar-refractivity contribution in [3.05, 3.63) is 51.5 Å². The first-order valence-corrected chi connectivity index (χ1v) is 9.74. The summed E-state index contributed by atoms with van der Waals surface area (Å²) in [5.41, 5.74) is 1.71. The zero-order chi connectivity index (χ0) is 18.8. The van der Waals surface area contributed by atoms with E-state index >= 15 is 0 Å². The normalized spacial score (nSPS) is 10.9. The predicted octanol–water partition coefficient (Wildman–Crippen LogP) is 2.98. The number of thiazole rings is 1. The number of rotatable bonds is 8. The highest BCUT2D eigenvalue weighted by atomic mass is 127. The highest BCUT2D eigenvalue weighted by Crippen LogP contribution is 2.13. The van der Waals surface area contributed by atoms with E-state index in [1.807, 2.05) is 37.4 Å². The van der Waals surface area contributed by atoms with Crippen LogP contribution in [-0.2, 0) is 19.4 Å². The average Bonchev–Trinajstić information content (AvgIpc) is 3.14. The molecule has 0 saturated carbocycles. The number of halogens is 1. The molecule has 2 rings (SSSR count). The molecule has 0 unspecified atom stereocenters. The molecule has 1 aromatic carbocycles. The van der Waals surface area contributed by atoms with Gasteiger partial charge in [-0.15, -0.1) is 35.3 Å². The summed E-state index contributed by atoms with van der Waals surface area (Å²) in [6.07, 6.45) is 3.88. The number of aromatic nitrogens is 1. The number of nitrogens with one attached hydrogen (secondary N) is 3. The Bertz CT molecular complexity index is 730. The second kappa shape index (κ2) is 12.7. The number of aryl methyl sites for hydroxylation is 1. The fourth-order valence-electron chi connectivity index (χ4n) is 2.33. The topological polar surface area (TPSA) is 78.4 Å². The molecule has 0 radical (unpaired) electrons. The Morgan fingerprint density at radius 2 is 1.93 bits per heavy atom. The molecule has 0 aliphatic rings. The first kappa shape index (κ1) is 23.4. The zero-order valence-corrected chi connectivity index (χ0v) is 19.2. The molecule has 6 nitrogen and oxygen atoms in total. The average molecular weight is 501 g/mol. The number of guanidine groups is 1. The molecule has 1 heterocycles. The minimum absolute atomic E-state index is 0. The van der Waals surface area contributed by atoms with Crippen LogP contribution in [-0.4, -0.2) is 37.0 Å². The van der Waals surface area contributed by atoms with Gasteiger partial charge in [0.15, 0.2) is 5.96 Å². The van der Waals surface area contributed by atoms with E-state index in [1.165, 1.54) is 4.88 Å². The largest absolute Gasteiger partial charge is 0.357 e.